The zero-order valence-corrected chi connectivity index (χ0v) is 25.4. The van der Waals surface area contributed by atoms with Gasteiger partial charge >= 0.3 is 6.09 Å². The van der Waals surface area contributed by atoms with E-state index in [2.05, 4.69) is 41.7 Å². The second kappa shape index (κ2) is 11.9. The van der Waals surface area contributed by atoms with Crippen LogP contribution in [0.25, 0.3) is 22.2 Å². The number of carboxylic acid groups (broad SMARTS) is 1. The van der Waals surface area contributed by atoms with Gasteiger partial charge in [0, 0.05) is 23.2 Å². The lowest BCUT2D eigenvalue weighted by Gasteiger charge is -2.37. The fourth-order valence-corrected chi connectivity index (χ4v) is 6.61. The largest absolute Gasteiger partial charge is 0.465 e. The van der Waals surface area contributed by atoms with Crippen LogP contribution in [0.2, 0.25) is 0 Å². The maximum absolute atomic E-state index is 14.1. The van der Waals surface area contributed by atoms with Gasteiger partial charge in [-0.3, -0.25) is 4.79 Å². The summed E-state index contributed by atoms with van der Waals surface area (Å²) in [5, 5.41) is 18.4. The molecule has 2 amide bonds. The Kier molecular flexibility index (Phi) is 7.54. The summed E-state index contributed by atoms with van der Waals surface area (Å²) < 4.78 is 16.1. The molecule has 2 heterocycles. The quantitative estimate of drug-likeness (QED) is 0.171. The number of halogens is 1. The predicted octanol–water partition coefficient (Wildman–Crippen LogP) is 6.70. The lowest BCUT2D eigenvalue weighted by molar-refractivity contribution is -0.120. The molecule has 234 valence electrons. The number of carbonyl (C=O) groups excluding carboxylic acids is 1. The van der Waals surface area contributed by atoms with Crippen molar-refractivity contribution in [3.8, 4) is 11.3 Å². The summed E-state index contributed by atoms with van der Waals surface area (Å²) in [5.74, 6) is -0.832. The lowest BCUT2D eigenvalue weighted by Crippen LogP contribution is -2.53. The van der Waals surface area contributed by atoms with E-state index >= 15 is 0 Å². The van der Waals surface area contributed by atoms with Crippen LogP contribution in [0.5, 0.6) is 0 Å². The van der Waals surface area contributed by atoms with E-state index in [1.807, 2.05) is 71.4 Å². The average Bonchev–Trinajstić information content (AvgIpc) is 3.69. The first-order valence-corrected chi connectivity index (χ1v) is 15.3. The van der Waals surface area contributed by atoms with Crippen molar-refractivity contribution in [2.24, 2.45) is 5.73 Å². The topological polar surface area (TPSA) is 113 Å². The molecule has 1 aromatic heterocycles. The summed E-state index contributed by atoms with van der Waals surface area (Å²) in [6, 6.07) is 42.2. The van der Waals surface area contributed by atoms with Gasteiger partial charge in [0.25, 0.3) is 0 Å². The van der Waals surface area contributed by atoms with E-state index in [0.717, 1.165) is 32.5 Å². The van der Waals surface area contributed by atoms with Gasteiger partial charge in [0.1, 0.15) is 22.6 Å². The molecular weight excluding hydrogens is 593 g/mol. The fourth-order valence-electron chi connectivity index (χ4n) is 6.61. The van der Waals surface area contributed by atoms with Gasteiger partial charge in [-0.25, -0.2) is 13.9 Å². The summed E-state index contributed by atoms with van der Waals surface area (Å²) >= 11 is 0. The molecule has 6 aromatic rings. The Morgan fingerprint density at radius 1 is 0.809 bits per heavy atom. The first kappa shape index (κ1) is 29.9. The number of anilines is 1. The second-order valence-corrected chi connectivity index (χ2v) is 11.9. The third-order valence-corrected chi connectivity index (χ3v) is 8.97. The third kappa shape index (κ3) is 5.20. The Bertz CT molecular complexity index is 1970. The van der Waals surface area contributed by atoms with E-state index in [1.165, 1.54) is 12.1 Å². The number of hydrogen-bond donors (Lipinski definition) is 3. The molecule has 1 aliphatic heterocycles. The van der Waals surface area contributed by atoms with Crippen LogP contribution < -0.4 is 11.1 Å². The van der Waals surface area contributed by atoms with Gasteiger partial charge in [0.15, 0.2) is 0 Å². The third-order valence-electron chi connectivity index (χ3n) is 8.97. The summed E-state index contributed by atoms with van der Waals surface area (Å²) in [6.45, 7) is 0.0865. The highest BCUT2D eigenvalue weighted by Gasteiger charge is 2.44. The zero-order chi connectivity index (χ0) is 32.6. The highest BCUT2D eigenvalue weighted by Crippen LogP contribution is 2.44. The van der Waals surface area contributed by atoms with Gasteiger partial charge in [-0.05, 0) is 65.6 Å². The first-order valence-electron chi connectivity index (χ1n) is 15.3. The summed E-state index contributed by atoms with van der Waals surface area (Å²) in [7, 11) is 0. The van der Waals surface area contributed by atoms with Crippen LogP contribution in [0.15, 0.2) is 133 Å². The smallest absolute Gasteiger partial charge is 0.407 e. The molecule has 47 heavy (non-hydrogen) atoms. The Hall–Kier alpha value is -5.80. The minimum Gasteiger partial charge on any atom is -0.465 e. The van der Waals surface area contributed by atoms with E-state index in [0.29, 0.717) is 16.9 Å². The maximum Gasteiger partial charge on any atom is 0.407 e. The lowest BCUT2D eigenvalue weighted by atomic mass is 9.77. The van der Waals surface area contributed by atoms with E-state index in [9.17, 15) is 19.1 Å². The summed E-state index contributed by atoms with van der Waals surface area (Å²) in [6.07, 6.45) is -0.901. The Morgan fingerprint density at radius 3 is 1.87 bits per heavy atom. The number of aromatic nitrogens is 2. The normalized spacial score (nSPS) is 16.3. The molecule has 7 rings (SSSR count). The number of carbonyl (C=O) groups is 2. The number of nitrogens with one attached hydrogen (secondary N) is 1. The molecule has 0 saturated carbocycles. The van der Waals surface area contributed by atoms with Crippen molar-refractivity contribution < 1.29 is 19.1 Å². The number of benzene rings is 5. The summed E-state index contributed by atoms with van der Waals surface area (Å²) in [5.41, 5.74) is 9.64. The SMILES string of the molecule is NC1(C(=O)Nc2ccc3c(c2)c(-c2ccc(F)cc2)nn3C(c2ccccc2)(c2ccccc2)c2ccccc2)CCN(C(=O)O)C1. The van der Waals surface area contributed by atoms with E-state index < -0.39 is 23.1 Å². The molecule has 1 fully saturated rings. The number of hydrogen-bond acceptors (Lipinski definition) is 4. The van der Waals surface area contributed by atoms with Gasteiger partial charge in [0.05, 0.1) is 12.1 Å². The number of nitrogens with two attached hydrogens (primary N) is 1. The molecule has 0 radical (unpaired) electrons. The van der Waals surface area contributed by atoms with Gasteiger partial charge < -0.3 is 21.1 Å². The number of amides is 2. The second-order valence-electron chi connectivity index (χ2n) is 11.9. The monoisotopic (exact) mass is 625 g/mol. The molecule has 8 nitrogen and oxygen atoms in total. The zero-order valence-electron chi connectivity index (χ0n) is 25.4. The van der Waals surface area contributed by atoms with Crippen molar-refractivity contribution in [2.45, 2.75) is 17.5 Å². The van der Waals surface area contributed by atoms with Crippen LogP contribution in [0.3, 0.4) is 0 Å². The first-order chi connectivity index (χ1) is 22.8. The van der Waals surface area contributed by atoms with Crippen molar-refractivity contribution in [3.63, 3.8) is 0 Å². The van der Waals surface area contributed by atoms with E-state index in [4.69, 9.17) is 10.8 Å². The highest BCUT2D eigenvalue weighted by molar-refractivity contribution is 6.02. The van der Waals surface area contributed by atoms with Crippen LogP contribution in [0.4, 0.5) is 14.9 Å². The van der Waals surface area contributed by atoms with Crippen LogP contribution >= 0.6 is 0 Å². The highest BCUT2D eigenvalue weighted by atomic mass is 19.1. The van der Waals surface area contributed by atoms with Crippen LogP contribution in [0, 0.1) is 5.82 Å². The Balaban J connectivity index is 1.46. The summed E-state index contributed by atoms with van der Waals surface area (Å²) in [4.78, 5) is 26.1. The minimum atomic E-state index is -1.36. The van der Waals surface area contributed by atoms with Gasteiger partial charge in [-0.1, -0.05) is 91.0 Å². The Morgan fingerprint density at radius 2 is 1.36 bits per heavy atom. The molecule has 0 spiro atoms. The molecule has 4 N–H and O–H groups in total. The number of fused-ring (bicyclic) bond motifs is 1. The molecule has 1 atom stereocenters. The molecule has 5 aromatic carbocycles. The fraction of sp³-hybridized carbons (Fsp3) is 0.132. The van der Waals surface area contributed by atoms with E-state index in [1.54, 1.807) is 18.2 Å². The van der Waals surface area contributed by atoms with Crippen LogP contribution in [0.1, 0.15) is 23.1 Å². The van der Waals surface area contributed by atoms with Gasteiger partial charge in [-0.15, -0.1) is 0 Å². The van der Waals surface area contributed by atoms with Gasteiger partial charge in [0.2, 0.25) is 5.91 Å². The van der Waals surface area contributed by atoms with Crippen LogP contribution in [-0.4, -0.2) is 50.4 Å². The van der Waals surface area contributed by atoms with Crippen molar-refractivity contribution in [1.29, 1.82) is 0 Å². The molecule has 0 aliphatic carbocycles. The van der Waals surface area contributed by atoms with Crippen molar-refractivity contribution >= 4 is 28.6 Å². The number of likely N-dealkylation sites (tertiary alicyclic amines) is 1. The van der Waals surface area contributed by atoms with Crippen LogP contribution in [-0.2, 0) is 10.3 Å². The molecule has 1 saturated heterocycles. The number of nitrogens with zero attached hydrogens (tertiary/aromatic N) is 3. The Labute approximate surface area is 270 Å². The molecule has 0 bridgehead atoms. The average molecular weight is 626 g/mol. The van der Waals surface area contributed by atoms with Gasteiger partial charge in [-0.2, -0.15) is 5.10 Å². The van der Waals surface area contributed by atoms with Crippen molar-refractivity contribution in [1.82, 2.24) is 14.7 Å². The molecule has 1 aliphatic rings. The molecule has 9 heteroatoms. The molecule has 1 unspecified atom stereocenters. The van der Waals surface area contributed by atoms with Crippen molar-refractivity contribution in [3.05, 3.63) is 156 Å². The van der Waals surface area contributed by atoms with Crippen molar-refractivity contribution in [2.75, 3.05) is 18.4 Å². The minimum absolute atomic E-state index is 0.0943. The maximum atomic E-state index is 14.1. The molecular formula is C38H32FN5O3. The van der Waals surface area contributed by atoms with E-state index in [-0.39, 0.29) is 25.3 Å². The number of rotatable bonds is 7. The standard InChI is InChI=1S/C38H32FN5O3/c39-30-18-16-26(17-19-30)34-32-24-31(41-35(45)37(40)22-23-43(25-37)36(46)47)20-21-33(32)44(42-34)38(27-10-4-1-5-11-27,28-12-6-2-7-13-28)29-14-8-3-9-15-29/h1-21,24H,22-23,25,40H2,(H,41,45)(H,46,47). The predicted molar refractivity (Wildman–Crippen MR) is 179 cm³/mol.